The molecular weight excluding hydrogens is 759 g/mol. The molecule has 4 N–H and O–H groups in total. The summed E-state index contributed by atoms with van der Waals surface area (Å²) >= 11 is 0. The second-order valence-corrected chi connectivity index (χ2v) is 14.4. The summed E-state index contributed by atoms with van der Waals surface area (Å²) in [5, 5.41) is 20.5. The van der Waals surface area contributed by atoms with Crippen molar-refractivity contribution in [1.82, 2.24) is 15.6 Å². The van der Waals surface area contributed by atoms with Gasteiger partial charge in [0.2, 0.25) is 0 Å². The van der Waals surface area contributed by atoms with Gasteiger partial charge in [-0.05, 0) is 97.6 Å². The second-order valence-electron chi connectivity index (χ2n) is 14.4. The van der Waals surface area contributed by atoms with Crippen molar-refractivity contribution in [3.05, 3.63) is 119 Å². The van der Waals surface area contributed by atoms with Crippen molar-refractivity contribution >= 4 is 18.3 Å². The fourth-order valence-corrected chi connectivity index (χ4v) is 4.49. The summed E-state index contributed by atoms with van der Waals surface area (Å²) in [5.74, 6) is 3.92. The number of rotatable bonds is 8. The lowest BCUT2D eigenvalue weighted by molar-refractivity contribution is -0.154. The van der Waals surface area contributed by atoms with Crippen molar-refractivity contribution < 1.29 is 33.3 Å². The van der Waals surface area contributed by atoms with Gasteiger partial charge in [0.15, 0.2) is 11.5 Å². The van der Waals surface area contributed by atoms with E-state index in [1.807, 2.05) is 140 Å². The predicted octanol–water partition coefficient (Wildman–Crippen LogP) is 11.7. The number of nitrogens with two attached hydrogens (primary N) is 1. The Hall–Kier alpha value is -6.19. The van der Waals surface area contributed by atoms with Crippen LogP contribution in [0.25, 0.3) is 22.6 Å². The van der Waals surface area contributed by atoms with Crippen LogP contribution in [-0.4, -0.2) is 45.0 Å². The molecule has 12 heteroatoms. The van der Waals surface area contributed by atoms with Gasteiger partial charge in [-0.2, -0.15) is 0 Å². The Balaban J connectivity index is -0.000000763. The van der Waals surface area contributed by atoms with Crippen LogP contribution in [0.5, 0.6) is 0 Å². The lowest BCUT2D eigenvalue weighted by atomic mass is 10.1. The second kappa shape index (κ2) is 29.1. The van der Waals surface area contributed by atoms with Crippen LogP contribution >= 0.6 is 0 Å². The first-order chi connectivity index (χ1) is 26.4. The standard InChI is InChI=1S/C16H20N2O3.C15H18O2.C11H12N2O.C2H5NO.4CH4/c1-11-9-14(21-18-11)13-7-5-12(6-8-13)10-17-15(19)20-16(2,3)4;1-5-12-6-8-13(9-7-12)10-11-14(16)17-15(2,3)4;1-8-6-11(14-13-8)10-4-2-9(7-12)3-5-10;1-2-3-4;;;;/h5-9H,10H2,1-4H3,(H,17,19);1,6-9H,10-11H2,2-4H3;2-6H,7,12H2,1H3;2,4H,1H3;4*1H4/b;;;3-2+;;;;. The first-order valence-electron chi connectivity index (χ1n) is 18.1. The molecule has 3 aromatic carbocycles. The van der Waals surface area contributed by atoms with Crippen LogP contribution in [0, 0.1) is 26.2 Å². The van der Waals surface area contributed by atoms with E-state index >= 15 is 0 Å². The fraction of sp³-hybridized carbons (Fsp3) is 0.396. The van der Waals surface area contributed by atoms with Gasteiger partial charge in [-0.25, -0.2) is 4.79 Å². The van der Waals surface area contributed by atoms with Gasteiger partial charge in [0, 0.05) is 54.5 Å². The van der Waals surface area contributed by atoms with Crippen molar-refractivity contribution in [2.24, 2.45) is 10.9 Å². The molecule has 2 aromatic heterocycles. The van der Waals surface area contributed by atoms with E-state index in [2.05, 4.69) is 26.7 Å². The molecule has 0 radical (unpaired) electrons. The Kier molecular flexibility index (Phi) is 28.2. The number of aromatic nitrogens is 2. The van der Waals surface area contributed by atoms with E-state index in [1.54, 1.807) is 6.92 Å². The lowest BCUT2D eigenvalue weighted by Crippen LogP contribution is -2.32. The average Bonchev–Trinajstić information content (AvgIpc) is 3.81. The van der Waals surface area contributed by atoms with Crippen LogP contribution in [0.1, 0.15) is 118 Å². The number of aryl methyl sites for hydroxylation is 3. The number of ether oxygens (including phenoxy) is 2. The number of oxime groups is 1. The molecule has 2 heterocycles. The van der Waals surface area contributed by atoms with Crippen LogP contribution in [0.3, 0.4) is 0 Å². The molecule has 0 saturated heterocycles. The summed E-state index contributed by atoms with van der Waals surface area (Å²) < 4.78 is 20.8. The maximum absolute atomic E-state index is 11.6. The molecule has 0 aliphatic carbocycles. The molecule has 5 aromatic rings. The molecule has 0 bridgehead atoms. The number of amides is 1. The third kappa shape index (κ3) is 23.9. The fourth-order valence-electron chi connectivity index (χ4n) is 4.49. The number of nitrogens with zero attached hydrogens (tertiary/aromatic N) is 3. The Morgan fingerprint density at radius 2 is 1.18 bits per heavy atom. The van der Waals surface area contributed by atoms with Crippen LogP contribution in [0.2, 0.25) is 0 Å². The Morgan fingerprint density at radius 3 is 1.53 bits per heavy atom. The normalized spacial score (nSPS) is 10.0. The average molecular weight is 830 g/mol. The number of esters is 1. The molecule has 0 atom stereocenters. The van der Waals surface area contributed by atoms with Crippen molar-refractivity contribution in [3.63, 3.8) is 0 Å². The quantitative estimate of drug-likeness (QED) is 0.0448. The molecule has 0 unspecified atom stereocenters. The first kappa shape index (κ1) is 58.1. The molecule has 0 aliphatic heterocycles. The molecular formula is C48H71N5O7. The number of benzene rings is 3. The van der Waals surface area contributed by atoms with Gasteiger partial charge in [0.1, 0.15) is 11.2 Å². The topological polar surface area (TPSA) is 175 Å². The predicted molar refractivity (Wildman–Crippen MR) is 246 cm³/mol. The van der Waals surface area contributed by atoms with Crippen LogP contribution in [-0.2, 0) is 33.8 Å². The van der Waals surface area contributed by atoms with Gasteiger partial charge in [0.05, 0.1) is 11.4 Å². The molecule has 0 spiro atoms. The number of hydrogen-bond donors (Lipinski definition) is 3. The Morgan fingerprint density at radius 1 is 0.767 bits per heavy atom. The largest absolute Gasteiger partial charge is 0.460 e. The third-order valence-electron chi connectivity index (χ3n) is 7.08. The summed E-state index contributed by atoms with van der Waals surface area (Å²) in [6.07, 6.45) is 7.23. The maximum atomic E-state index is 11.6. The van der Waals surface area contributed by atoms with Crippen LogP contribution < -0.4 is 11.1 Å². The first-order valence-corrected chi connectivity index (χ1v) is 18.1. The van der Waals surface area contributed by atoms with Crippen LogP contribution in [0.15, 0.2) is 99.1 Å². The highest BCUT2D eigenvalue weighted by molar-refractivity contribution is 5.70. The number of nitrogens with one attached hydrogen (secondary N) is 1. The van der Waals surface area contributed by atoms with Gasteiger partial charge in [-0.1, -0.05) is 107 Å². The number of alkyl carbamates (subject to hydrolysis) is 1. The number of carbonyl (C=O) groups is 2. The monoisotopic (exact) mass is 830 g/mol. The van der Waals surface area contributed by atoms with Crippen molar-refractivity contribution in [2.75, 3.05) is 0 Å². The minimum atomic E-state index is -0.488. The summed E-state index contributed by atoms with van der Waals surface area (Å²) in [7, 11) is 0. The van der Waals surface area contributed by atoms with E-state index in [4.69, 9.17) is 35.9 Å². The summed E-state index contributed by atoms with van der Waals surface area (Å²) in [4.78, 5) is 23.1. The van der Waals surface area contributed by atoms with Gasteiger partial charge >= 0.3 is 12.1 Å². The molecule has 12 nitrogen and oxygen atoms in total. The zero-order valence-corrected chi connectivity index (χ0v) is 33.9. The highest BCUT2D eigenvalue weighted by Gasteiger charge is 2.17. The van der Waals surface area contributed by atoms with Gasteiger partial charge < -0.3 is 34.8 Å². The lowest BCUT2D eigenvalue weighted by Gasteiger charge is -2.19. The van der Waals surface area contributed by atoms with E-state index in [1.165, 1.54) is 6.21 Å². The Labute approximate surface area is 359 Å². The van der Waals surface area contributed by atoms with E-state index in [0.29, 0.717) is 25.9 Å². The molecule has 0 aliphatic rings. The number of terminal acetylenes is 1. The zero-order chi connectivity index (χ0) is 41.7. The smallest absolute Gasteiger partial charge is 0.407 e. The van der Waals surface area contributed by atoms with Crippen molar-refractivity contribution in [1.29, 1.82) is 0 Å². The van der Waals surface area contributed by atoms with E-state index in [-0.39, 0.29) is 35.7 Å². The van der Waals surface area contributed by atoms with Gasteiger partial charge in [-0.15, -0.1) is 11.6 Å². The molecule has 330 valence electrons. The summed E-state index contributed by atoms with van der Waals surface area (Å²) in [5.41, 5.74) is 12.4. The molecule has 0 saturated carbocycles. The van der Waals surface area contributed by atoms with Gasteiger partial charge in [0.25, 0.3) is 0 Å². The molecule has 0 fully saturated rings. The minimum absolute atomic E-state index is 0. The maximum Gasteiger partial charge on any atom is 0.407 e. The van der Waals surface area contributed by atoms with Crippen LogP contribution in [0.4, 0.5) is 4.79 Å². The van der Waals surface area contributed by atoms with E-state index < -0.39 is 17.3 Å². The third-order valence-corrected chi connectivity index (χ3v) is 7.08. The van der Waals surface area contributed by atoms with Gasteiger partial charge in [-0.3, -0.25) is 4.79 Å². The van der Waals surface area contributed by atoms with Crippen molar-refractivity contribution in [3.8, 4) is 35.0 Å². The SMILES string of the molecule is C.C.C.C.C#Cc1ccc(CCC(=O)OC(C)(C)C)cc1.C/C=N/O.Cc1cc(-c2ccc(CN)cc2)on1.Cc1cc(-c2ccc(CNC(=O)OC(C)(C)C)cc2)on1. The summed E-state index contributed by atoms with van der Waals surface area (Å²) in [6, 6.07) is 27.2. The molecule has 1 amide bonds. The number of hydrogen-bond acceptors (Lipinski definition) is 11. The zero-order valence-electron chi connectivity index (χ0n) is 33.9. The Bertz CT molecular complexity index is 1970. The van der Waals surface area contributed by atoms with Crippen molar-refractivity contribution in [2.45, 2.75) is 129 Å². The van der Waals surface area contributed by atoms with E-state index in [9.17, 15) is 9.59 Å². The summed E-state index contributed by atoms with van der Waals surface area (Å²) in [6.45, 7) is 17.5. The highest BCUT2D eigenvalue weighted by Crippen LogP contribution is 2.21. The minimum Gasteiger partial charge on any atom is -0.460 e. The number of carbonyl (C=O) groups excluding carboxylic acids is 2. The highest BCUT2D eigenvalue weighted by atomic mass is 16.6. The molecule has 60 heavy (non-hydrogen) atoms. The van der Waals surface area contributed by atoms with E-state index in [0.717, 1.165) is 56.3 Å². The molecule has 5 rings (SSSR count).